The number of rotatable bonds is 9. The number of aryl methyl sites for hydroxylation is 2. The largest absolute Gasteiger partial charge is 0.385 e. The zero-order valence-corrected chi connectivity index (χ0v) is 19.7. The fourth-order valence-electron chi connectivity index (χ4n) is 4.17. The molecule has 1 atom stereocenters. The summed E-state index contributed by atoms with van der Waals surface area (Å²) in [5, 5.41) is 11.2. The molecule has 33 heavy (non-hydrogen) atoms. The lowest BCUT2D eigenvalue weighted by atomic mass is 10.1. The van der Waals surface area contributed by atoms with Gasteiger partial charge in [0.05, 0.1) is 10.4 Å². The van der Waals surface area contributed by atoms with Crippen LogP contribution in [0.3, 0.4) is 0 Å². The van der Waals surface area contributed by atoms with Crippen molar-refractivity contribution in [2.24, 2.45) is 0 Å². The number of amides is 1. The summed E-state index contributed by atoms with van der Waals surface area (Å²) in [6, 6.07) is 11.9. The number of fused-ring (bicyclic) bond motifs is 1. The third-order valence-corrected chi connectivity index (χ3v) is 7.94. The van der Waals surface area contributed by atoms with E-state index in [-0.39, 0.29) is 10.8 Å². The van der Waals surface area contributed by atoms with Crippen molar-refractivity contribution in [2.75, 3.05) is 20.3 Å². The van der Waals surface area contributed by atoms with Crippen LogP contribution in [0.5, 0.6) is 0 Å². The van der Waals surface area contributed by atoms with Crippen LogP contribution in [-0.4, -0.2) is 59.9 Å². The molecule has 1 N–H and O–H groups in total. The first kappa shape index (κ1) is 23.3. The van der Waals surface area contributed by atoms with Crippen molar-refractivity contribution in [3.8, 4) is 0 Å². The summed E-state index contributed by atoms with van der Waals surface area (Å²) < 4.78 is 34.9. The first-order valence-electron chi connectivity index (χ1n) is 11.1. The molecule has 1 aliphatic rings. The molecule has 0 radical (unpaired) electrons. The minimum absolute atomic E-state index is 0.123. The van der Waals surface area contributed by atoms with E-state index in [9.17, 15) is 13.2 Å². The molecule has 2 aromatic carbocycles. The predicted octanol–water partition coefficient (Wildman–Crippen LogP) is 2.25. The third-order valence-electron chi connectivity index (χ3n) is 6.03. The van der Waals surface area contributed by atoms with Crippen LogP contribution in [0.4, 0.5) is 0 Å². The summed E-state index contributed by atoms with van der Waals surface area (Å²) in [5.41, 5.74) is 3.36. The Morgan fingerprint density at radius 2 is 2.06 bits per heavy atom. The molecule has 1 aromatic heterocycles. The number of carbonyl (C=O) groups is 1. The van der Waals surface area contributed by atoms with Crippen LogP contribution in [0.1, 0.15) is 30.4 Å². The van der Waals surface area contributed by atoms with Crippen LogP contribution in [0, 0.1) is 6.92 Å². The number of hydrogen-bond donors (Lipinski definition) is 1. The molecule has 1 amide bonds. The van der Waals surface area contributed by atoms with Gasteiger partial charge < -0.3 is 10.1 Å². The van der Waals surface area contributed by atoms with E-state index >= 15 is 0 Å². The highest BCUT2D eigenvalue weighted by Crippen LogP contribution is 2.28. The number of carbonyl (C=O) groups excluding carboxylic acids is 1. The molecule has 176 valence electrons. The molecule has 0 aliphatic carbocycles. The van der Waals surface area contributed by atoms with Gasteiger partial charge in [-0.2, -0.15) is 4.31 Å². The first-order chi connectivity index (χ1) is 15.9. The first-order valence-corrected chi connectivity index (χ1v) is 12.5. The Labute approximate surface area is 193 Å². The Bertz CT molecular complexity index is 1240. The summed E-state index contributed by atoms with van der Waals surface area (Å²) in [5.74, 6) is -0.274. The fraction of sp³-hybridized carbons (Fsp3) is 0.435. The second-order valence-electron chi connectivity index (χ2n) is 8.23. The van der Waals surface area contributed by atoms with Crippen molar-refractivity contribution < 1.29 is 17.9 Å². The van der Waals surface area contributed by atoms with Crippen LogP contribution in [0.2, 0.25) is 0 Å². The van der Waals surface area contributed by atoms with Crippen molar-refractivity contribution in [1.82, 2.24) is 24.6 Å². The summed E-state index contributed by atoms with van der Waals surface area (Å²) in [4.78, 5) is 13.0. The van der Waals surface area contributed by atoms with Gasteiger partial charge in [0.1, 0.15) is 11.6 Å². The van der Waals surface area contributed by atoms with E-state index in [2.05, 4.69) is 15.6 Å². The van der Waals surface area contributed by atoms with E-state index < -0.39 is 16.1 Å². The van der Waals surface area contributed by atoms with Gasteiger partial charge in [0.25, 0.3) is 0 Å². The number of ether oxygens (including phenoxy) is 1. The molecule has 2 heterocycles. The van der Waals surface area contributed by atoms with E-state index in [1.54, 1.807) is 23.9 Å². The van der Waals surface area contributed by atoms with Gasteiger partial charge in [-0.3, -0.25) is 4.79 Å². The lowest BCUT2D eigenvalue weighted by Gasteiger charge is -2.23. The van der Waals surface area contributed by atoms with Gasteiger partial charge in [-0.05, 0) is 55.5 Å². The van der Waals surface area contributed by atoms with E-state index in [0.717, 1.165) is 23.1 Å². The Hall–Kier alpha value is -2.82. The summed E-state index contributed by atoms with van der Waals surface area (Å²) in [6.07, 6.45) is 1.92. The second-order valence-corrected chi connectivity index (χ2v) is 10.1. The molecule has 0 spiro atoms. The molecule has 9 nitrogen and oxygen atoms in total. The summed E-state index contributed by atoms with van der Waals surface area (Å²) >= 11 is 0. The van der Waals surface area contributed by atoms with Crippen molar-refractivity contribution in [3.05, 3.63) is 53.6 Å². The Balaban J connectivity index is 1.50. The van der Waals surface area contributed by atoms with Crippen molar-refractivity contribution in [2.45, 2.75) is 50.2 Å². The molecule has 4 rings (SSSR count). The molecular weight excluding hydrogens is 442 g/mol. The molecule has 0 unspecified atom stereocenters. The molecule has 10 heteroatoms. The number of hydrogen-bond acceptors (Lipinski definition) is 6. The van der Waals surface area contributed by atoms with Crippen molar-refractivity contribution in [3.63, 3.8) is 0 Å². The predicted molar refractivity (Wildman–Crippen MR) is 124 cm³/mol. The fourth-order valence-corrected chi connectivity index (χ4v) is 5.85. The maximum Gasteiger partial charge on any atom is 0.243 e. The van der Waals surface area contributed by atoms with Crippen LogP contribution in [0.15, 0.2) is 47.4 Å². The van der Waals surface area contributed by atoms with Gasteiger partial charge in [0.15, 0.2) is 0 Å². The monoisotopic (exact) mass is 471 g/mol. The van der Waals surface area contributed by atoms with Gasteiger partial charge in [-0.1, -0.05) is 29.5 Å². The van der Waals surface area contributed by atoms with Gasteiger partial charge >= 0.3 is 0 Å². The number of nitrogens with zero attached hydrogens (tertiary/aromatic N) is 4. The Morgan fingerprint density at radius 1 is 1.24 bits per heavy atom. The number of aromatic nitrogens is 3. The number of nitrogens with one attached hydrogen (secondary N) is 1. The number of benzene rings is 2. The van der Waals surface area contributed by atoms with Crippen LogP contribution in [0.25, 0.3) is 11.0 Å². The summed E-state index contributed by atoms with van der Waals surface area (Å²) in [7, 11) is -2.21. The van der Waals surface area contributed by atoms with Crippen LogP contribution < -0.4 is 5.32 Å². The normalized spacial score (nSPS) is 17.0. The molecule has 1 aliphatic heterocycles. The zero-order chi connectivity index (χ0) is 23.4. The van der Waals surface area contributed by atoms with E-state index in [1.807, 2.05) is 31.2 Å². The van der Waals surface area contributed by atoms with Crippen molar-refractivity contribution >= 4 is 27.0 Å². The maximum absolute atomic E-state index is 13.4. The molecular formula is C23H29N5O4S. The highest BCUT2D eigenvalue weighted by atomic mass is 32.2. The topological polar surface area (TPSA) is 106 Å². The standard InChI is InChI=1S/C23H29N5O4S/c1-17-7-3-4-8-18(17)16-24-23(29)22-9-5-13-28(22)33(30,31)19-10-11-21-20(15-19)25-26-27(21)12-6-14-32-2/h3-4,7-8,10-11,15,22H,5-6,9,12-14,16H2,1-2H3,(H,24,29)/t22-/m1/s1. The van der Waals surface area contributed by atoms with Gasteiger partial charge in [-0.15, -0.1) is 5.10 Å². The molecule has 0 saturated carbocycles. The summed E-state index contributed by atoms with van der Waals surface area (Å²) in [6.45, 7) is 3.90. The molecule has 1 saturated heterocycles. The van der Waals surface area contributed by atoms with Crippen LogP contribution >= 0.6 is 0 Å². The lowest BCUT2D eigenvalue weighted by molar-refractivity contribution is -0.124. The lowest BCUT2D eigenvalue weighted by Crippen LogP contribution is -2.45. The quantitative estimate of drug-likeness (QED) is 0.480. The van der Waals surface area contributed by atoms with E-state index in [0.29, 0.717) is 44.6 Å². The molecule has 3 aromatic rings. The highest BCUT2D eigenvalue weighted by Gasteiger charge is 2.39. The average Bonchev–Trinajstić information content (AvgIpc) is 3.46. The molecule has 0 bridgehead atoms. The maximum atomic E-state index is 13.4. The van der Waals surface area contributed by atoms with Gasteiger partial charge in [0, 0.05) is 33.4 Å². The van der Waals surface area contributed by atoms with Gasteiger partial charge in [0.2, 0.25) is 15.9 Å². The minimum atomic E-state index is -3.85. The number of methoxy groups -OCH3 is 1. The minimum Gasteiger partial charge on any atom is -0.385 e. The highest BCUT2D eigenvalue weighted by molar-refractivity contribution is 7.89. The zero-order valence-electron chi connectivity index (χ0n) is 18.9. The SMILES string of the molecule is COCCCn1nnc2cc(S(=O)(=O)N3CCC[C@@H]3C(=O)NCc3ccccc3C)ccc21. The van der Waals surface area contributed by atoms with E-state index in [4.69, 9.17) is 4.74 Å². The van der Waals surface area contributed by atoms with Crippen LogP contribution in [-0.2, 0) is 32.6 Å². The van der Waals surface area contributed by atoms with Gasteiger partial charge in [-0.25, -0.2) is 13.1 Å². The smallest absolute Gasteiger partial charge is 0.243 e. The molecule has 1 fully saturated rings. The van der Waals surface area contributed by atoms with Crippen molar-refractivity contribution in [1.29, 1.82) is 0 Å². The Morgan fingerprint density at radius 3 is 2.85 bits per heavy atom. The average molecular weight is 472 g/mol. The number of sulfonamides is 1. The second kappa shape index (κ2) is 9.98. The van der Waals surface area contributed by atoms with E-state index in [1.165, 1.54) is 10.4 Å². The third kappa shape index (κ3) is 4.92. The Kier molecular flexibility index (Phi) is 7.06.